The third-order valence-electron chi connectivity index (χ3n) is 3.04. The minimum atomic E-state index is -1.68. The van der Waals surface area contributed by atoms with Gasteiger partial charge in [0.25, 0.3) is 0 Å². The molecule has 4 N–H and O–H groups in total. The highest BCUT2D eigenvalue weighted by atomic mass is 16.5. The Morgan fingerprint density at radius 1 is 1.21 bits per heavy atom. The van der Waals surface area contributed by atoms with E-state index in [1.165, 1.54) is 7.11 Å². The maximum atomic E-state index is 11.0. The lowest BCUT2D eigenvalue weighted by Gasteiger charge is -2.20. The summed E-state index contributed by atoms with van der Waals surface area (Å²) in [6, 6.07) is 10.8. The van der Waals surface area contributed by atoms with E-state index in [1.54, 1.807) is 18.2 Å². The van der Waals surface area contributed by atoms with Crippen LogP contribution in [0.15, 0.2) is 36.4 Å². The highest BCUT2D eigenvalue weighted by Crippen LogP contribution is 2.34. The van der Waals surface area contributed by atoms with Gasteiger partial charge in [0.1, 0.15) is 11.9 Å². The average Bonchev–Trinajstić information content (AvgIpc) is 2.44. The summed E-state index contributed by atoms with van der Waals surface area (Å²) >= 11 is 0. The third kappa shape index (κ3) is 2.38. The molecule has 0 aromatic heterocycles. The molecule has 0 aliphatic carbocycles. The van der Waals surface area contributed by atoms with Crippen molar-refractivity contribution < 1.29 is 19.7 Å². The minimum Gasteiger partial charge on any atom is -0.496 e. The van der Waals surface area contributed by atoms with Gasteiger partial charge in [-0.2, -0.15) is 0 Å². The highest BCUT2D eigenvalue weighted by Gasteiger charge is 2.27. The van der Waals surface area contributed by atoms with Crippen LogP contribution >= 0.6 is 0 Å². The second kappa shape index (κ2) is 5.26. The van der Waals surface area contributed by atoms with Gasteiger partial charge in [0.15, 0.2) is 6.10 Å². The highest BCUT2D eigenvalue weighted by molar-refractivity contribution is 5.89. The van der Waals surface area contributed by atoms with Crippen molar-refractivity contribution in [3.8, 4) is 5.75 Å². The molecule has 0 fully saturated rings. The number of hydrogen-bond donors (Lipinski definition) is 3. The van der Waals surface area contributed by atoms with Gasteiger partial charge in [-0.05, 0) is 16.8 Å². The number of aliphatic hydroxyl groups excluding tert-OH is 2. The summed E-state index contributed by atoms with van der Waals surface area (Å²) in [5, 5.41) is 21.4. The average molecular weight is 261 g/mol. The molecule has 5 nitrogen and oxygen atoms in total. The Morgan fingerprint density at radius 2 is 1.89 bits per heavy atom. The number of aliphatic hydroxyl groups is 2. The fourth-order valence-corrected chi connectivity index (χ4v) is 2.07. The first-order valence-electron chi connectivity index (χ1n) is 5.77. The third-order valence-corrected chi connectivity index (χ3v) is 3.04. The number of primary amides is 1. The van der Waals surface area contributed by atoms with Crippen LogP contribution in [0.4, 0.5) is 0 Å². The molecular formula is C14H15NO4. The topological polar surface area (TPSA) is 92.8 Å². The largest absolute Gasteiger partial charge is 0.496 e. The van der Waals surface area contributed by atoms with Gasteiger partial charge in [-0.25, -0.2) is 0 Å². The Labute approximate surface area is 110 Å². The summed E-state index contributed by atoms with van der Waals surface area (Å²) < 4.78 is 5.18. The smallest absolute Gasteiger partial charge is 0.249 e. The molecule has 2 unspecified atom stereocenters. The van der Waals surface area contributed by atoms with Crippen LogP contribution in [-0.4, -0.2) is 29.3 Å². The molecule has 0 aliphatic rings. The van der Waals surface area contributed by atoms with E-state index in [1.807, 2.05) is 18.2 Å². The fourth-order valence-electron chi connectivity index (χ4n) is 2.07. The number of methoxy groups -OCH3 is 1. The number of hydrogen-bond acceptors (Lipinski definition) is 4. The van der Waals surface area contributed by atoms with Crippen LogP contribution in [0.25, 0.3) is 10.8 Å². The van der Waals surface area contributed by atoms with Gasteiger partial charge in [0.05, 0.1) is 7.11 Å². The number of carbonyl (C=O) groups excluding carboxylic acids is 1. The summed E-state index contributed by atoms with van der Waals surface area (Å²) in [6.45, 7) is 0. The zero-order chi connectivity index (χ0) is 14.0. The number of benzene rings is 2. The Bertz CT molecular complexity index is 611. The Morgan fingerprint density at radius 3 is 2.53 bits per heavy atom. The zero-order valence-corrected chi connectivity index (χ0v) is 10.4. The van der Waals surface area contributed by atoms with Crippen LogP contribution in [-0.2, 0) is 4.79 Å². The maximum absolute atomic E-state index is 11.0. The molecule has 2 rings (SSSR count). The van der Waals surface area contributed by atoms with E-state index in [4.69, 9.17) is 10.5 Å². The van der Waals surface area contributed by atoms with Gasteiger partial charge in [0.2, 0.25) is 5.91 Å². The molecule has 1 amide bonds. The first-order valence-corrected chi connectivity index (χ1v) is 5.77. The second-order valence-electron chi connectivity index (χ2n) is 4.19. The minimum absolute atomic E-state index is 0.354. The van der Waals surface area contributed by atoms with Crippen molar-refractivity contribution in [2.24, 2.45) is 5.73 Å². The SMILES string of the molecule is COc1ccc2ccccc2c1C(O)C(O)C(N)=O. The number of amides is 1. The molecule has 0 bridgehead atoms. The Hall–Kier alpha value is -2.11. The second-order valence-corrected chi connectivity index (χ2v) is 4.19. The van der Waals surface area contributed by atoms with Gasteiger partial charge < -0.3 is 20.7 Å². The van der Waals surface area contributed by atoms with Crippen molar-refractivity contribution in [1.82, 2.24) is 0 Å². The molecule has 0 aliphatic heterocycles. The number of nitrogens with two attached hydrogens (primary N) is 1. The van der Waals surface area contributed by atoms with Crippen LogP contribution in [0.3, 0.4) is 0 Å². The van der Waals surface area contributed by atoms with Gasteiger partial charge >= 0.3 is 0 Å². The molecule has 100 valence electrons. The van der Waals surface area contributed by atoms with Crippen molar-refractivity contribution in [3.63, 3.8) is 0 Å². The molecule has 0 spiro atoms. The number of fused-ring (bicyclic) bond motifs is 1. The van der Waals surface area contributed by atoms with Crippen molar-refractivity contribution in [1.29, 1.82) is 0 Å². The molecule has 2 aromatic carbocycles. The van der Waals surface area contributed by atoms with E-state index in [0.717, 1.165) is 5.39 Å². The van der Waals surface area contributed by atoms with E-state index in [0.29, 0.717) is 16.7 Å². The van der Waals surface area contributed by atoms with Crippen LogP contribution in [0.2, 0.25) is 0 Å². The predicted molar refractivity (Wildman–Crippen MR) is 70.7 cm³/mol. The fraction of sp³-hybridized carbons (Fsp3) is 0.214. The molecule has 2 aromatic rings. The van der Waals surface area contributed by atoms with Gasteiger partial charge in [-0.15, -0.1) is 0 Å². The van der Waals surface area contributed by atoms with Crippen LogP contribution in [0, 0.1) is 0 Å². The lowest BCUT2D eigenvalue weighted by atomic mass is 9.96. The van der Waals surface area contributed by atoms with Crippen molar-refractivity contribution >= 4 is 16.7 Å². The molecule has 2 atom stereocenters. The first kappa shape index (κ1) is 13.3. The summed E-state index contributed by atoms with van der Waals surface area (Å²) in [5.41, 5.74) is 5.37. The maximum Gasteiger partial charge on any atom is 0.249 e. The molecule has 0 radical (unpaired) electrons. The van der Waals surface area contributed by atoms with Crippen LogP contribution in [0.5, 0.6) is 5.75 Å². The standard InChI is InChI=1S/C14H15NO4/c1-19-10-7-6-8-4-2-3-5-9(8)11(10)12(16)13(17)14(15)18/h2-7,12-13,16-17H,1H3,(H2,15,18). The Kier molecular flexibility index (Phi) is 3.69. The normalized spacial score (nSPS) is 14.1. The van der Waals surface area contributed by atoms with E-state index in [9.17, 15) is 15.0 Å². The summed E-state index contributed by atoms with van der Waals surface area (Å²) in [4.78, 5) is 11.0. The number of rotatable bonds is 4. The lowest BCUT2D eigenvalue weighted by molar-refractivity contribution is -0.131. The molecule has 19 heavy (non-hydrogen) atoms. The number of ether oxygens (including phenoxy) is 1. The quantitative estimate of drug-likeness (QED) is 0.756. The summed E-state index contributed by atoms with van der Waals surface area (Å²) in [5.74, 6) is -0.589. The van der Waals surface area contributed by atoms with E-state index in [2.05, 4.69) is 0 Å². The Balaban J connectivity index is 2.65. The predicted octanol–water partition coefficient (Wildman–Crippen LogP) is 0.728. The first-order chi connectivity index (χ1) is 9.06. The lowest BCUT2D eigenvalue weighted by Crippen LogP contribution is -2.34. The van der Waals surface area contributed by atoms with E-state index < -0.39 is 18.1 Å². The van der Waals surface area contributed by atoms with Crippen molar-refractivity contribution in [2.75, 3.05) is 7.11 Å². The summed E-state index contributed by atoms with van der Waals surface area (Å²) in [7, 11) is 1.46. The monoisotopic (exact) mass is 261 g/mol. The van der Waals surface area contributed by atoms with Gasteiger partial charge in [0, 0.05) is 5.56 Å². The van der Waals surface area contributed by atoms with Gasteiger partial charge in [-0.3, -0.25) is 4.79 Å². The molecule has 0 saturated carbocycles. The van der Waals surface area contributed by atoms with E-state index in [-0.39, 0.29) is 0 Å². The van der Waals surface area contributed by atoms with Crippen LogP contribution < -0.4 is 10.5 Å². The molecule has 0 saturated heterocycles. The van der Waals surface area contributed by atoms with Gasteiger partial charge in [-0.1, -0.05) is 30.3 Å². The molecule has 0 heterocycles. The zero-order valence-electron chi connectivity index (χ0n) is 10.4. The van der Waals surface area contributed by atoms with Crippen molar-refractivity contribution in [2.45, 2.75) is 12.2 Å². The molecule has 5 heteroatoms. The number of carbonyl (C=O) groups is 1. The van der Waals surface area contributed by atoms with Crippen molar-refractivity contribution in [3.05, 3.63) is 42.0 Å². The molecular weight excluding hydrogens is 246 g/mol. The summed E-state index contributed by atoms with van der Waals surface area (Å²) in [6.07, 6.45) is -3.11. The van der Waals surface area contributed by atoms with E-state index >= 15 is 0 Å². The van der Waals surface area contributed by atoms with Crippen LogP contribution in [0.1, 0.15) is 11.7 Å².